The fourth-order valence-corrected chi connectivity index (χ4v) is 5.42. The summed E-state index contributed by atoms with van der Waals surface area (Å²) in [6, 6.07) is 11.3. The van der Waals surface area contributed by atoms with Crippen molar-refractivity contribution in [1.29, 1.82) is 0 Å². The van der Waals surface area contributed by atoms with Gasteiger partial charge >= 0.3 is 4.87 Å². The number of carbonyl (C=O) groups is 1. The second-order valence-corrected chi connectivity index (χ2v) is 9.55. The van der Waals surface area contributed by atoms with Crippen LogP contribution in [-0.2, 0) is 11.3 Å². The standard InChI is InChI=1S/C24H24N8O4S.CH5N/c25-23-27-21-19(22-26-20(28-32(22)23)18-2-1-14-36-18)37-24(34)31(21)12-9-29-7-10-30(11-8-29)16-3-5-17(6-4-16)35-15-13-33;1-2/h1-6,13-14H,7-12,15H2,(H2,25,27);2H2,1H3. The normalized spacial score (nSPS) is 13.9. The van der Waals surface area contributed by atoms with E-state index in [0.717, 1.165) is 56.0 Å². The number of hydrogen-bond acceptors (Lipinski definition) is 12. The Morgan fingerprint density at radius 2 is 1.82 bits per heavy atom. The second-order valence-electron chi connectivity index (χ2n) is 8.59. The minimum atomic E-state index is -0.104. The van der Waals surface area contributed by atoms with Gasteiger partial charge in [0.1, 0.15) is 17.1 Å². The van der Waals surface area contributed by atoms with Crippen LogP contribution in [0.4, 0.5) is 11.6 Å². The number of aldehydes is 1. The maximum atomic E-state index is 12.9. The van der Waals surface area contributed by atoms with Crippen LogP contribution in [0.1, 0.15) is 0 Å². The third-order valence-corrected chi connectivity index (χ3v) is 7.35. The first-order chi connectivity index (χ1) is 19.1. The van der Waals surface area contributed by atoms with Gasteiger partial charge < -0.3 is 25.5 Å². The molecule has 5 heterocycles. The molecule has 0 aliphatic carbocycles. The number of nitrogen functional groups attached to an aromatic ring is 1. The molecule has 14 heteroatoms. The lowest BCUT2D eigenvalue weighted by Gasteiger charge is -2.36. The van der Waals surface area contributed by atoms with E-state index in [0.29, 0.717) is 39.9 Å². The zero-order valence-corrected chi connectivity index (χ0v) is 22.2. The van der Waals surface area contributed by atoms with Gasteiger partial charge in [0.15, 0.2) is 23.3 Å². The highest BCUT2D eigenvalue weighted by atomic mass is 32.1. The molecule has 1 aliphatic heterocycles. The molecule has 0 unspecified atom stereocenters. The van der Waals surface area contributed by atoms with Crippen molar-refractivity contribution in [3.05, 3.63) is 52.3 Å². The molecule has 0 saturated carbocycles. The Labute approximate surface area is 227 Å². The highest BCUT2D eigenvalue weighted by Crippen LogP contribution is 2.26. The fraction of sp³-hybridized carbons (Fsp3) is 0.320. The number of ether oxygens (including phenoxy) is 1. The second kappa shape index (κ2) is 11.6. The summed E-state index contributed by atoms with van der Waals surface area (Å²) >= 11 is 1.10. The van der Waals surface area contributed by atoms with E-state index >= 15 is 0 Å². The summed E-state index contributed by atoms with van der Waals surface area (Å²) in [6.45, 7) is 4.76. The molecule has 1 fully saturated rings. The van der Waals surface area contributed by atoms with Crippen LogP contribution < -0.4 is 26.0 Å². The summed E-state index contributed by atoms with van der Waals surface area (Å²) < 4.78 is 14.5. The number of fused-ring (bicyclic) bond motifs is 3. The van der Waals surface area contributed by atoms with Gasteiger partial charge in [0.25, 0.3) is 0 Å². The number of piperazine rings is 1. The minimum absolute atomic E-state index is 0.0540. The van der Waals surface area contributed by atoms with Crippen molar-refractivity contribution in [3.8, 4) is 17.3 Å². The van der Waals surface area contributed by atoms with Crippen molar-refractivity contribution < 1.29 is 13.9 Å². The molecule has 0 amide bonds. The number of hydrogen-bond donors (Lipinski definition) is 2. The van der Waals surface area contributed by atoms with Gasteiger partial charge in [-0.3, -0.25) is 19.1 Å². The van der Waals surface area contributed by atoms with E-state index in [4.69, 9.17) is 14.9 Å². The Balaban J connectivity index is 0.00000151. The van der Waals surface area contributed by atoms with Gasteiger partial charge in [0.2, 0.25) is 11.8 Å². The highest BCUT2D eigenvalue weighted by molar-refractivity contribution is 7.17. The van der Waals surface area contributed by atoms with Crippen LogP contribution in [0, 0.1) is 0 Å². The predicted octanol–water partition coefficient (Wildman–Crippen LogP) is 1.32. The number of furan rings is 1. The maximum Gasteiger partial charge on any atom is 0.309 e. The Morgan fingerprint density at radius 3 is 2.51 bits per heavy atom. The first-order valence-electron chi connectivity index (χ1n) is 12.4. The summed E-state index contributed by atoms with van der Waals surface area (Å²) in [4.78, 5) is 37.0. The first kappa shape index (κ1) is 26.3. The molecule has 6 rings (SSSR count). The largest absolute Gasteiger partial charge is 0.486 e. The van der Waals surface area contributed by atoms with Crippen LogP contribution in [0.2, 0.25) is 0 Å². The van der Waals surface area contributed by atoms with Crippen LogP contribution in [0.3, 0.4) is 0 Å². The Bertz CT molecular complexity index is 1600. The number of aromatic nitrogens is 5. The molecule has 4 N–H and O–H groups in total. The molecule has 4 aromatic heterocycles. The maximum absolute atomic E-state index is 12.9. The molecule has 0 atom stereocenters. The number of thiazole rings is 1. The summed E-state index contributed by atoms with van der Waals surface area (Å²) in [5.74, 6) is 1.75. The third-order valence-electron chi connectivity index (χ3n) is 6.39. The summed E-state index contributed by atoms with van der Waals surface area (Å²) in [7, 11) is 1.50. The van der Waals surface area contributed by atoms with E-state index in [9.17, 15) is 9.59 Å². The topological polar surface area (TPSA) is 163 Å². The Hall–Kier alpha value is -4.27. The average molecular weight is 552 g/mol. The lowest BCUT2D eigenvalue weighted by atomic mass is 10.2. The van der Waals surface area contributed by atoms with Crippen LogP contribution in [0.15, 0.2) is 51.9 Å². The van der Waals surface area contributed by atoms with Gasteiger partial charge in [-0.25, -0.2) is 4.98 Å². The summed E-state index contributed by atoms with van der Waals surface area (Å²) in [5.41, 5.74) is 12.8. The van der Waals surface area contributed by atoms with Gasteiger partial charge in [0.05, 0.1) is 6.26 Å². The van der Waals surface area contributed by atoms with E-state index in [1.807, 2.05) is 24.3 Å². The molecular formula is C25H29N9O4S. The predicted molar refractivity (Wildman–Crippen MR) is 149 cm³/mol. The lowest BCUT2D eigenvalue weighted by molar-refractivity contribution is -0.109. The summed E-state index contributed by atoms with van der Waals surface area (Å²) in [5, 5.41) is 4.40. The molecule has 0 spiro atoms. The molecule has 0 radical (unpaired) electrons. The zero-order chi connectivity index (χ0) is 27.4. The highest BCUT2D eigenvalue weighted by Gasteiger charge is 2.21. The van der Waals surface area contributed by atoms with Gasteiger partial charge in [0, 0.05) is 45.0 Å². The molecule has 5 aromatic rings. The van der Waals surface area contributed by atoms with Gasteiger partial charge in [-0.2, -0.15) is 9.50 Å². The van der Waals surface area contributed by atoms with Gasteiger partial charge in [-0.1, -0.05) is 11.3 Å². The van der Waals surface area contributed by atoms with Crippen LogP contribution in [0.5, 0.6) is 5.75 Å². The molecular weight excluding hydrogens is 522 g/mol. The molecule has 13 nitrogen and oxygen atoms in total. The van der Waals surface area contributed by atoms with Crippen LogP contribution in [-0.4, -0.2) is 81.7 Å². The van der Waals surface area contributed by atoms with Crippen LogP contribution >= 0.6 is 11.3 Å². The Morgan fingerprint density at radius 1 is 1.05 bits per heavy atom. The fourth-order valence-electron chi connectivity index (χ4n) is 4.49. The molecule has 1 aromatic carbocycles. The number of rotatable bonds is 8. The number of anilines is 2. The third kappa shape index (κ3) is 5.34. The average Bonchev–Trinajstić information content (AvgIpc) is 3.72. The van der Waals surface area contributed by atoms with Crippen molar-refractivity contribution in [2.75, 3.05) is 57.0 Å². The minimum Gasteiger partial charge on any atom is -0.486 e. The monoisotopic (exact) mass is 551 g/mol. The SMILES string of the molecule is CN.Nc1nc2c(sc(=O)n2CCN2CCN(c3ccc(OCC=O)cc3)CC2)c2nc(-c3ccco3)nn12. The van der Waals surface area contributed by atoms with Crippen molar-refractivity contribution >= 4 is 45.3 Å². The summed E-state index contributed by atoms with van der Waals surface area (Å²) in [6.07, 6.45) is 2.29. The lowest BCUT2D eigenvalue weighted by Crippen LogP contribution is -2.47. The van der Waals surface area contributed by atoms with E-state index < -0.39 is 0 Å². The van der Waals surface area contributed by atoms with E-state index in [1.54, 1.807) is 23.0 Å². The Kier molecular flexibility index (Phi) is 7.86. The van der Waals surface area contributed by atoms with E-state index in [1.165, 1.54) is 11.6 Å². The molecule has 1 aliphatic rings. The van der Waals surface area contributed by atoms with Gasteiger partial charge in [-0.05, 0) is 43.4 Å². The molecule has 1 saturated heterocycles. The van der Waals surface area contributed by atoms with Crippen molar-refractivity contribution in [2.24, 2.45) is 5.73 Å². The number of nitrogens with zero attached hydrogens (tertiary/aromatic N) is 7. The number of benzene rings is 1. The number of nitrogens with two attached hydrogens (primary N) is 2. The molecule has 39 heavy (non-hydrogen) atoms. The molecule has 204 valence electrons. The van der Waals surface area contributed by atoms with Crippen LogP contribution in [0.25, 0.3) is 27.6 Å². The molecule has 0 bridgehead atoms. The van der Waals surface area contributed by atoms with Crippen molar-refractivity contribution in [1.82, 2.24) is 29.0 Å². The van der Waals surface area contributed by atoms with Crippen molar-refractivity contribution in [3.63, 3.8) is 0 Å². The van der Waals surface area contributed by atoms with E-state index in [-0.39, 0.29) is 17.4 Å². The van der Waals surface area contributed by atoms with E-state index in [2.05, 4.69) is 30.6 Å². The zero-order valence-electron chi connectivity index (χ0n) is 21.4. The van der Waals surface area contributed by atoms with Crippen molar-refractivity contribution in [2.45, 2.75) is 6.54 Å². The quantitative estimate of drug-likeness (QED) is 0.267. The first-order valence-corrected chi connectivity index (χ1v) is 13.2. The van der Waals surface area contributed by atoms with Gasteiger partial charge in [-0.15, -0.1) is 5.10 Å². The smallest absolute Gasteiger partial charge is 0.309 e. The number of carbonyl (C=O) groups excluding carboxylic acids is 1.